The zero-order chi connectivity index (χ0) is 15.7. The molecule has 0 unspecified atom stereocenters. The van der Waals surface area contributed by atoms with Gasteiger partial charge in [0.25, 0.3) is 5.91 Å². The van der Waals surface area contributed by atoms with Gasteiger partial charge in [0.2, 0.25) is 0 Å². The van der Waals surface area contributed by atoms with E-state index in [4.69, 9.17) is 0 Å². The van der Waals surface area contributed by atoms with Crippen LogP contribution in [0.5, 0.6) is 11.5 Å². The molecule has 0 saturated heterocycles. The largest absolute Gasteiger partial charge is 0.507 e. The molecule has 22 heavy (non-hydrogen) atoms. The summed E-state index contributed by atoms with van der Waals surface area (Å²) in [5.74, 6) is -0.641. The molecule has 0 radical (unpaired) electrons. The van der Waals surface area contributed by atoms with Crippen molar-refractivity contribution in [3.63, 3.8) is 0 Å². The molecule has 0 atom stereocenters. The molecule has 4 heteroatoms. The molecule has 1 amide bonds. The van der Waals surface area contributed by atoms with Crippen LogP contribution in [0.1, 0.15) is 15.9 Å². The van der Waals surface area contributed by atoms with Gasteiger partial charge in [-0.05, 0) is 31.2 Å². The highest BCUT2D eigenvalue weighted by Gasteiger charge is 2.17. The number of carbonyl (C=O) groups excluding carboxylic acids is 1. The maximum atomic E-state index is 12.3. The fourth-order valence-electron chi connectivity index (χ4n) is 2.40. The van der Waals surface area contributed by atoms with Crippen molar-refractivity contribution in [3.05, 3.63) is 65.7 Å². The Labute approximate surface area is 127 Å². The Kier molecular flexibility index (Phi) is 3.43. The Hall–Kier alpha value is -3.01. The van der Waals surface area contributed by atoms with Crippen LogP contribution >= 0.6 is 0 Å². The van der Waals surface area contributed by atoms with Crippen molar-refractivity contribution < 1.29 is 15.0 Å². The van der Waals surface area contributed by atoms with Gasteiger partial charge in [-0.15, -0.1) is 0 Å². The molecule has 3 aromatic carbocycles. The summed E-state index contributed by atoms with van der Waals surface area (Å²) in [6.07, 6.45) is 0. The summed E-state index contributed by atoms with van der Waals surface area (Å²) in [6.45, 7) is 1.89. The van der Waals surface area contributed by atoms with Crippen LogP contribution in [0.15, 0.2) is 54.6 Å². The van der Waals surface area contributed by atoms with E-state index in [2.05, 4.69) is 5.32 Å². The molecule has 110 valence electrons. The van der Waals surface area contributed by atoms with E-state index in [1.807, 2.05) is 19.1 Å². The number of phenols is 2. The van der Waals surface area contributed by atoms with Crippen molar-refractivity contribution in [2.45, 2.75) is 6.92 Å². The summed E-state index contributed by atoms with van der Waals surface area (Å²) in [7, 11) is 0. The minimum absolute atomic E-state index is 0.0327. The van der Waals surface area contributed by atoms with Crippen LogP contribution < -0.4 is 5.32 Å². The van der Waals surface area contributed by atoms with Gasteiger partial charge >= 0.3 is 0 Å². The minimum atomic E-state index is -0.471. The van der Waals surface area contributed by atoms with Crippen molar-refractivity contribution in [2.75, 3.05) is 5.32 Å². The van der Waals surface area contributed by atoms with Gasteiger partial charge in [0.15, 0.2) is 0 Å². The van der Waals surface area contributed by atoms with Gasteiger partial charge in [-0.3, -0.25) is 4.79 Å². The molecule has 0 aliphatic rings. The summed E-state index contributed by atoms with van der Waals surface area (Å²) in [5.41, 5.74) is 1.62. The van der Waals surface area contributed by atoms with Crippen LogP contribution in [-0.2, 0) is 0 Å². The summed E-state index contributed by atoms with van der Waals surface area (Å²) in [5, 5.41) is 24.1. The van der Waals surface area contributed by atoms with E-state index in [9.17, 15) is 15.0 Å². The highest BCUT2D eigenvalue weighted by atomic mass is 16.3. The lowest BCUT2D eigenvalue weighted by atomic mass is 10.0. The Bertz CT molecular complexity index is 857. The van der Waals surface area contributed by atoms with Gasteiger partial charge in [-0.2, -0.15) is 0 Å². The van der Waals surface area contributed by atoms with Crippen molar-refractivity contribution in [2.24, 2.45) is 0 Å². The Morgan fingerprint density at radius 2 is 1.68 bits per heavy atom. The molecule has 0 aromatic heterocycles. The third-order valence-electron chi connectivity index (χ3n) is 3.52. The first-order valence-electron chi connectivity index (χ1n) is 6.88. The van der Waals surface area contributed by atoms with Gasteiger partial charge < -0.3 is 15.5 Å². The summed E-state index contributed by atoms with van der Waals surface area (Å²) in [4.78, 5) is 12.3. The second-order valence-electron chi connectivity index (χ2n) is 5.16. The molecule has 0 fully saturated rings. The zero-order valence-corrected chi connectivity index (χ0v) is 12.0. The molecular formula is C18H15NO3. The smallest absolute Gasteiger partial charge is 0.259 e. The van der Waals surface area contributed by atoms with E-state index < -0.39 is 5.91 Å². The Balaban J connectivity index is 2.06. The van der Waals surface area contributed by atoms with Crippen LogP contribution in [0.4, 0.5) is 5.69 Å². The molecule has 0 spiro atoms. The predicted octanol–water partition coefficient (Wildman–Crippen LogP) is 3.81. The van der Waals surface area contributed by atoms with E-state index >= 15 is 0 Å². The first-order chi connectivity index (χ1) is 10.6. The van der Waals surface area contributed by atoms with E-state index in [1.54, 1.807) is 36.4 Å². The van der Waals surface area contributed by atoms with E-state index in [-0.39, 0.29) is 17.1 Å². The lowest BCUT2D eigenvalue weighted by molar-refractivity contribution is 0.102. The number of benzene rings is 3. The zero-order valence-electron chi connectivity index (χ0n) is 12.0. The number of hydrogen-bond acceptors (Lipinski definition) is 3. The maximum Gasteiger partial charge on any atom is 0.259 e. The lowest BCUT2D eigenvalue weighted by Gasteiger charge is -2.11. The average Bonchev–Trinajstić information content (AvgIpc) is 2.51. The maximum absolute atomic E-state index is 12.3. The first-order valence-corrected chi connectivity index (χ1v) is 6.88. The number of amides is 1. The van der Waals surface area contributed by atoms with Gasteiger partial charge in [-0.1, -0.05) is 35.9 Å². The van der Waals surface area contributed by atoms with Crippen LogP contribution in [0.25, 0.3) is 10.8 Å². The van der Waals surface area contributed by atoms with Gasteiger partial charge in [0.05, 0.1) is 5.56 Å². The Morgan fingerprint density at radius 1 is 0.955 bits per heavy atom. The second kappa shape index (κ2) is 5.41. The summed E-state index contributed by atoms with van der Waals surface area (Å²) < 4.78 is 0. The van der Waals surface area contributed by atoms with Crippen LogP contribution in [0.2, 0.25) is 0 Å². The molecule has 0 aliphatic carbocycles. The van der Waals surface area contributed by atoms with Crippen LogP contribution in [0, 0.1) is 6.92 Å². The van der Waals surface area contributed by atoms with Crippen molar-refractivity contribution in [3.8, 4) is 11.5 Å². The monoisotopic (exact) mass is 293 g/mol. The third kappa shape index (κ3) is 2.46. The average molecular weight is 293 g/mol. The Morgan fingerprint density at radius 3 is 2.41 bits per heavy atom. The van der Waals surface area contributed by atoms with E-state index in [0.29, 0.717) is 16.5 Å². The molecule has 3 aromatic rings. The fraction of sp³-hybridized carbons (Fsp3) is 0.0556. The number of carbonyl (C=O) groups is 1. The van der Waals surface area contributed by atoms with Gasteiger partial charge in [-0.25, -0.2) is 0 Å². The molecule has 0 heterocycles. The summed E-state index contributed by atoms with van der Waals surface area (Å²) >= 11 is 0. The number of fused-ring (bicyclic) bond motifs is 1. The van der Waals surface area contributed by atoms with Crippen molar-refractivity contribution in [1.29, 1.82) is 0 Å². The lowest BCUT2D eigenvalue weighted by Crippen LogP contribution is -2.12. The number of para-hydroxylation sites is 1. The van der Waals surface area contributed by atoms with Gasteiger partial charge in [0, 0.05) is 16.5 Å². The topological polar surface area (TPSA) is 69.6 Å². The van der Waals surface area contributed by atoms with E-state index in [1.165, 1.54) is 6.07 Å². The number of nitrogens with one attached hydrogen (secondary N) is 1. The number of hydrogen-bond donors (Lipinski definition) is 3. The number of aromatic hydroxyl groups is 2. The number of anilines is 1. The quantitative estimate of drug-likeness (QED) is 0.629. The highest BCUT2D eigenvalue weighted by molar-refractivity contribution is 6.11. The van der Waals surface area contributed by atoms with Crippen LogP contribution in [0.3, 0.4) is 0 Å². The molecule has 3 rings (SSSR count). The predicted molar refractivity (Wildman–Crippen MR) is 86.4 cm³/mol. The molecule has 4 nitrogen and oxygen atoms in total. The summed E-state index contributed by atoms with van der Waals surface area (Å²) in [6, 6.07) is 15.5. The van der Waals surface area contributed by atoms with Crippen molar-refractivity contribution >= 4 is 22.4 Å². The number of aryl methyl sites for hydroxylation is 1. The third-order valence-corrected chi connectivity index (χ3v) is 3.52. The number of phenolic OH excluding ortho intramolecular Hbond substituents is 2. The molecule has 0 saturated carbocycles. The highest BCUT2D eigenvalue weighted by Crippen LogP contribution is 2.36. The normalized spacial score (nSPS) is 10.6. The SMILES string of the molecule is Cc1ccc2c(O)c(C(=O)Nc3ccccc3)cc(O)c2c1. The molecule has 0 aliphatic heterocycles. The molecule has 0 bridgehead atoms. The fourth-order valence-corrected chi connectivity index (χ4v) is 2.40. The standard InChI is InChI=1S/C18H15NO3/c1-11-7-8-13-14(9-11)16(20)10-15(17(13)21)18(22)19-12-5-3-2-4-6-12/h2-10,20-21H,1H3,(H,19,22). The molecule has 3 N–H and O–H groups in total. The first kappa shape index (κ1) is 13.9. The van der Waals surface area contributed by atoms with E-state index in [0.717, 1.165) is 5.56 Å². The number of rotatable bonds is 2. The van der Waals surface area contributed by atoms with Crippen molar-refractivity contribution in [1.82, 2.24) is 0 Å². The molecular weight excluding hydrogens is 278 g/mol. The van der Waals surface area contributed by atoms with Gasteiger partial charge in [0.1, 0.15) is 11.5 Å². The minimum Gasteiger partial charge on any atom is -0.507 e. The second-order valence-corrected chi connectivity index (χ2v) is 5.16. The van der Waals surface area contributed by atoms with Crippen LogP contribution in [-0.4, -0.2) is 16.1 Å².